The molecule has 0 fully saturated rings. The van der Waals surface area contributed by atoms with E-state index in [1.807, 2.05) is 0 Å². The number of carbonyl (C=O) groups excluding carboxylic acids is 1. The lowest BCUT2D eigenvalue weighted by Crippen LogP contribution is -2.35. The molecule has 0 aromatic heterocycles. The van der Waals surface area contributed by atoms with Crippen LogP contribution in [0.2, 0.25) is 0 Å². The van der Waals surface area contributed by atoms with E-state index in [0.717, 1.165) is 6.07 Å². The fourth-order valence-electron chi connectivity index (χ4n) is 1.52. The van der Waals surface area contributed by atoms with Gasteiger partial charge in [-0.1, -0.05) is 0 Å². The average Bonchev–Trinajstić information content (AvgIpc) is 2.32. The van der Waals surface area contributed by atoms with E-state index in [9.17, 15) is 15.0 Å². The van der Waals surface area contributed by atoms with Gasteiger partial charge in [0, 0.05) is 37.7 Å². The molecule has 1 aromatic carbocycles. The molecule has 0 saturated heterocycles. The average molecular weight is 274 g/mol. The van der Waals surface area contributed by atoms with Crippen LogP contribution in [-0.2, 0) is 4.74 Å². The minimum Gasteiger partial charge on any atom is -0.508 e. The van der Waals surface area contributed by atoms with Gasteiger partial charge in [-0.2, -0.15) is 0 Å². The Morgan fingerprint density at radius 3 is 2.39 bits per heavy atom. The molecule has 0 spiro atoms. The van der Waals surface area contributed by atoms with Gasteiger partial charge in [0.1, 0.15) is 11.5 Å². The first kappa shape index (κ1) is 14.6. The number of carbonyl (C=O) groups is 1. The third-order valence-corrected chi connectivity index (χ3v) is 2.53. The van der Waals surface area contributed by atoms with Crippen LogP contribution in [0.25, 0.3) is 0 Å². The van der Waals surface area contributed by atoms with Crippen LogP contribution in [0.3, 0.4) is 0 Å². The zero-order chi connectivity index (χ0) is 13.5. The second kappa shape index (κ2) is 7.08. The van der Waals surface area contributed by atoms with Crippen molar-refractivity contribution in [2.45, 2.75) is 0 Å². The number of benzene rings is 1. The van der Waals surface area contributed by atoms with E-state index in [0.29, 0.717) is 25.6 Å². The highest BCUT2D eigenvalue weighted by Gasteiger charge is 2.16. The molecule has 6 heteroatoms. The molecule has 0 aliphatic rings. The van der Waals surface area contributed by atoms with Gasteiger partial charge >= 0.3 is 0 Å². The number of phenolic OH excluding ortho intramolecular Hbond substituents is 2. The van der Waals surface area contributed by atoms with E-state index < -0.39 is 0 Å². The molecule has 0 bridgehead atoms. The molecule has 0 atom stereocenters. The summed E-state index contributed by atoms with van der Waals surface area (Å²) < 4.78 is 4.92. The van der Waals surface area contributed by atoms with E-state index in [-0.39, 0.29) is 23.0 Å². The molecule has 100 valence electrons. The minimum absolute atomic E-state index is 0.157. The molecule has 5 nitrogen and oxygen atoms in total. The summed E-state index contributed by atoms with van der Waals surface area (Å²) >= 11 is 5.64. The van der Waals surface area contributed by atoms with Crippen LogP contribution in [-0.4, -0.2) is 53.7 Å². The summed E-state index contributed by atoms with van der Waals surface area (Å²) in [6.07, 6.45) is 0. The Bertz CT molecular complexity index is 391. The van der Waals surface area contributed by atoms with Gasteiger partial charge in [0.2, 0.25) is 0 Å². The van der Waals surface area contributed by atoms with Crippen molar-refractivity contribution >= 4 is 17.5 Å². The predicted molar refractivity (Wildman–Crippen MR) is 68.3 cm³/mol. The van der Waals surface area contributed by atoms with Crippen LogP contribution in [0.5, 0.6) is 11.5 Å². The van der Waals surface area contributed by atoms with Crippen molar-refractivity contribution < 1.29 is 19.7 Å². The Balaban J connectivity index is 2.86. The highest BCUT2D eigenvalue weighted by molar-refractivity contribution is 6.18. The maximum absolute atomic E-state index is 12.1. The first-order chi connectivity index (χ1) is 8.58. The van der Waals surface area contributed by atoms with Crippen molar-refractivity contribution in [2.24, 2.45) is 0 Å². The zero-order valence-electron chi connectivity index (χ0n) is 10.1. The normalized spacial score (nSPS) is 10.3. The van der Waals surface area contributed by atoms with Crippen LogP contribution >= 0.6 is 11.6 Å². The zero-order valence-corrected chi connectivity index (χ0v) is 10.9. The standard InChI is InChI=1S/C12H16ClNO4/c1-18-5-4-14(3-2-13)12(17)9-6-10(15)8-11(16)7-9/h6-8,15-16H,2-5H2,1H3. The van der Waals surface area contributed by atoms with Gasteiger partial charge in [-0.05, 0) is 12.1 Å². The van der Waals surface area contributed by atoms with E-state index in [4.69, 9.17) is 16.3 Å². The molecule has 0 unspecified atom stereocenters. The van der Waals surface area contributed by atoms with Crippen molar-refractivity contribution in [1.82, 2.24) is 4.90 Å². The van der Waals surface area contributed by atoms with Crippen LogP contribution in [0.4, 0.5) is 0 Å². The lowest BCUT2D eigenvalue weighted by molar-refractivity contribution is 0.0707. The lowest BCUT2D eigenvalue weighted by atomic mass is 10.1. The van der Waals surface area contributed by atoms with E-state index in [1.54, 1.807) is 7.11 Å². The summed E-state index contributed by atoms with van der Waals surface area (Å²) in [5.41, 5.74) is 0.216. The molecule has 0 heterocycles. The number of ether oxygens (including phenoxy) is 1. The molecule has 0 aliphatic carbocycles. The highest BCUT2D eigenvalue weighted by atomic mass is 35.5. The number of hydrogen-bond acceptors (Lipinski definition) is 4. The Kier molecular flexibility index (Phi) is 5.74. The van der Waals surface area contributed by atoms with Crippen molar-refractivity contribution in [3.05, 3.63) is 23.8 Å². The number of methoxy groups -OCH3 is 1. The van der Waals surface area contributed by atoms with Gasteiger partial charge in [-0.25, -0.2) is 0 Å². The van der Waals surface area contributed by atoms with Gasteiger partial charge in [-0.15, -0.1) is 11.6 Å². The largest absolute Gasteiger partial charge is 0.508 e. The summed E-state index contributed by atoms with van der Waals surface area (Å²) in [5, 5.41) is 18.7. The van der Waals surface area contributed by atoms with Gasteiger partial charge in [0.25, 0.3) is 5.91 Å². The SMILES string of the molecule is COCCN(CCCl)C(=O)c1cc(O)cc(O)c1. The Hall–Kier alpha value is -1.46. The summed E-state index contributed by atoms with van der Waals surface area (Å²) in [7, 11) is 1.55. The molecule has 0 aliphatic heterocycles. The monoisotopic (exact) mass is 273 g/mol. The molecule has 1 amide bonds. The second-order valence-corrected chi connectivity index (χ2v) is 4.09. The minimum atomic E-state index is -0.307. The molecule has 1 rings (SSSR count). The van der Waals surface area contributed by atoms with Crippen LogP contribution in [0.1, 0.15) is 10.4 Å². The topological polar surface area (TPSA) is 70.0 Å². The molecule has 2 N–H and O–H groups in total. The summed E-state index contributed by atoms with van der Waals surface area (Å²) in [6.45, 7) is 1.17. The van der Waals surface area contributed by atoms with Crippen molar-refractivity contribution in [3.8, 4) is 11.5 Å². The maximum Gasteiger partial charge on any atom is 0.254 e. The van der Waals surface area contributed by atoms with Crippen molar-refractivity contribution in [3.63, 3.8) is 0 Å². The molecule has 0 radical (unpaired) electrons. The summed E-state index contributed by atoms with van der Waals surface area (Å²) in [4.78, 5) is 13.6. The molecule has 18 heavy (non-hydrogen) atoms. The molecule has 1 aromatic rings. The number of amides is 1. The number of aromatic hydroxyl groups is 2. The predicted octanol–water partition coefficient (Wildman–Crippen LogP) is 1.43. The fraction of sp³-hybridized carbons (Fsp3) is 0.417. The van der Waals surface area contributed by atoms with E-state index in [2.05, 4.69) is 0 Å². The van der Waals surface area contributed by atoms with Gasteiger partial charge in [-0.3, -0.25) is 4.79 Å². The Labute approximate surface area is 111 Å². The molecule has 0 saturated carbocycles. The van der Waals surface area contributed by atoms with Gasteiger partial charge in [0.05, 0.1) is 6.61 Å². The van der Waals surface area contributed by atoms with Crippen LogP contribution < -0.4 is 0 Å². The van der Waals surface area contributed by atoms with E-state index in [1.165, 1.54) is 17.0 Å². The van der Waals surface area contributed by atoms with Crippen molar-refractivity contribution in [2.75, 3.05) is 32.7 Å². The maximum atomic E-state index is 12.1. The number of halogens is 1. The molecular formula is C12H16ClNO4. The molecular weight excluding hydrogens is 258 g/mol. The first-order valence-corrected chi connectivity index (χ1v) is 5.99. The van der Waals surface area contributed by atoms with Crippen LogP contribution in [0.15, 0.2) is 18.2 Å². The Morgan fingerprint density at radius 2 is 1.89 bits per heavy atom. The van der Waals surface area contributed by atoms with Gasteiger partial charge < -0.3 is 19.8 Å². The van der Waals surface area contributed by atoms with Crippen molar-refractivity contribution in [1.29, 1.82) is 0 Å². The third-order valence-electron chi connectivity index (χ3n) is 2.36. The van der Waals surface area contributed by atoms with Gasteiger partial charge in [0.15, 0.2) is 0 Å². The Morgan fingerprint density at radius 1 is 1.28 bits per heavy atom. The van der Waals surface area contributed by atoms with E-state index >= 15 is 0 Å². The number of hydrogen-bond donors (Lipinski definition) is 2. The number of nitrogens with zero attached hydrogens (tertiary/aromatic N) is 1. The summed E-state index contributed by atoms with van der Waals surface area (Å²) in [5.74, 6) is -0.314. The fourth-order valence-corrected chi connectivity index (χ4v) is 1.72. The first-order valence-electron chi connectivity index (χ1n) is 5.45. The third kappa shape index (κ3) is 4.09. The lowest BCUT2D eigenvalue weighted by Gasteiger charge is -2.21. The smallest absolute Gasteiger partial charge is 0.254 e. The second-order valence-electron chi connectivity index (χ2n) is 3.71. The summed E-state index contributed by atoms with van der Waals surface area (Å²) in [6, 6.07) is 3.77. The number of alkyl halides is 1. The number of phenols is 2. The number of rotatable bonds is 6. The quantitative estimate of drug-likeness (QED) is 0.769. The van der Waals surface area contributed by atoms with Crippen LogP contribution in [0, 0.1) is 0 Å². The highest BCUT2D eigenvalue weighted by Crippen LogP contribution is 2.21.